The second-order valence-corrected chi connectivity index (χ2v) is 3.40. The van der Waals surface area contributed by atoms with Gasteiger partial charge in [-0.3, -0.25) is 4.79 Å². The molecule has 0 radical (unpaired) electrons. The Morgan fingerprint density at radius 3 is 2.83 bits per heavy atom. The third kappa shape index (κ3) is 1.76. The zero-order valence-electron chi connectivity index (χ0n) is 7.46. The maximum atomic E-state index is 10.7. The Kier molecular flexibility index (Phi) is 2.69. The summed E-state index contributed by atoms with van der Waals surface area (Å²) in [5, 5.41) is 11.9. The number of carbonyl (C=O) groups is 1. The van der Waals surface area contributed by atoms with Gasteiger partial charge in [-0.2, -0.15) is 0 Å². The van der Waals surface area contributed by atoms with E-state index >= 15 is 0 Å². The van der Waals surface area contributed by atoms with Crippen molar-refractivity contribution in [1.82, 2.24) is 5.32 Å². The lowest BCUT2D eigenvalue weighted by atomic mass is 9.89. The smallest absolute Gasteiger partial charge is 0.309 e. The molecule has 0 aromatic carbocycles. The van der Waals surface area contributed by atoms with Gasteiger partial charge in [0.25, 0.3) is 0 Å². The van der Waals surface area contributed by atoms with E-state index in [9.17, 15) is 4.79 Å². The summed E-state index contributed by atoms with van der Waals surface area (Å²) in [5.74, 6) is -1.27. The van der Waals surface area contributed by atoms with Gasteiger partial charge in [-0.05, 0) is 13.8 Å². The summed E-state index contributed by atoms with van der Waals surface area (Å²) in [6.07, 6.45) is 0. The van der Waals surface area contributed by atoms with Crippen LogP contribution in [0.25, 0.3) is 0 Å². The van der Waals surface area contributed by atoms with E-state index in [1.54, 1.807) is 6.92 Å². The van der Waals surface area contributed by atoms with Crippen molar-refractivity contribution in [2.24, 2.45) is 5.92 Å². The van der Waals surface area contributed by atoms with Crippen molar-refractivity contribution in [2.45, 2.75) is 19.4 Å². The molecule has 1 aliphatic heterocycles. The van der Waals surface area contributed by atoms with Crippen LogP contribution < -0.4 is 5.32 Å². The topological polar surface area (TPSA) is 58.6 Å². The van der Waals surface area contributed by atoms with Crippen molar-refractivity contribution in [2.75, 3.05) is 19.7 Å². The minimum atomic E-state index is -0.804. The molecule has 1 saturated heterocycles. The van der Waals surface area contributed by atoms with Crippen molar-refractivity contribution in [3.05, 3.63) is 0 Å². The second kappa shape index (κ2) is 3.41. The van der Waals surface area contributed by atoms with Crippen molar-refractivity contribution < 1.29 is 14.6 Å². The van der Waals surface area contributed by atoms with E-state index in [0.29, 0.717) is 13.2 Å². The lowest BCUT2D eigenvalue weighted by molar-refractivity contribution is -0.157. The van der Waals surface area contributed by atoms with E-state index in [-0.39, 0.29) is 0 Å². The fourth-order valence-corrected chi connectivity index (χ4v) is 1.28. The second-order valence-electron chi connectivity index (χ2n) is 3.40. The number of aliphatic carboxylic acids is 1. The highest BCUT2D eigenvalue weighted by Crippen LogP contribution is 2.22. The molecule has 2 unspecified atom stereocenters. The molecule has 0 saturated carbocycles. The number of hydrogen-bond donors (Lipinski definition) is 2. The largest absolute Gasteiger partial charge is 0.481 e. The highest BCUT2D eigenvalue weighted by molar-refractivity contribution is 5.71. The van der Waals surface area contributed by atoms with Gasteiger partial charge in [0.15, 0.2) is 0 Å². The molecule has 0 aromatic heterocycles. The quantitative estimate of drug-likeness (QED) is 0.621. The molecule has 1 aliphatic rings. The molecule has 4 nitrogen and oxygen atoms in total. The van der Waals surface area contributed by atoms with Crippen molar-refractivity contribution in [3.63, 3.8) is 0 Å². The summed E-state index contributed by atoms with van der Waals surface area (Å²) >= 11 is 0. The number of morpholine rings is 1. The van der Waals surface area contributed by atoms with Gasteiger partial charge in [-0.25, -0.2) is 0 Å². The summed E-state index contributed by atoms with van der Waals surface area (Å²) in [7, 11) is 0. The predicted octanol–water partition coefficient (Wildman–Crippen LogP) is 0.0856. The third-order valence-corrected chi connectivity index (χ3v) is 2.47. The van der Waals surface area contributed by atoms with Crippen LogP contribution in [-0.2, 0) is 9.53 Å². The molecule has 2 N–H and O–H groups in total. The van der Waals surface area contributed by atoms with Gasteiger partial charge >= 0.3 is 5.97 Å². The summed E-state index contributed by atoms with van der Waals surface area (Å²) < 4.78 is 5.45. The fourth-order valence-electron chi connectivity index (χ4n) is 1.28. The molecule has 0 bridgehead atoms. The first-order valence-corrected chi connectivity index (χ1v) is 4.14. The Labute approximate surface area is 71.9 Å². The third-order valence-electron chi connectivity index (χ3n) is 2.47. The van der Waals surface area contributed by atoms with Crippen LogP contribution in [0.2, 0.25) is 0 Å². The number of carboxylic acids is 1. The van der Waals surface area contributed by atoms with E-state index in [1.165, 1.54) is 0 Å². The average Bonchev–Trinajstić information content (AvgIpc) is 2.04. The van der Waals surface area contributed by atoms with Gasteiger partial charge < -0.3 is 15.2 Å². The molecule has 0 spiro atoms. The van der Waals surface area contributed by atoms with E-state index in [1.807, 2.05) is 6.92 Å². The zero-order valence-corrected chi connectivity index (χ0v) is 7.46. The number of hydrogen-bond acceptors (Lipinski definition) is 3. The molecule has 1 fully saturated rings. The van der Waals surface area contributed by atoms with E-state index in [4.69, 9.17) is 9.84 Å². The monoisotopic (exact) mass is 173 g/mol. The summed E-state index contributed by atoms with van der Waals surface area (Å²) in [6.45, 7) is 5.52. The van der Waals surface area contributed by atoms with E-state index in [0.717, 1.165) is 6.54 Å². The molecular weight excluding hydrogens is 158 g/mol. The number of ether oxygens (including phenoxy) is 1. The van der Waals surface area contributed by atoms with E-state index < -0.39 is 17.5 Å². The summed E-state index contributed by atoms with van der Waals surface area (Å²) in [6, 6.07) is 0. The SMILES string of the molecule is CC(C(=O)O)C1(C)CNCCO1. The fraction of sp³-hybridized carbons (Fsp3) is 0.875. The standard InChI is InChI=1S/C8H15NO3/c1-6(7(10)11)8(2)5-9-3-4-12-8/h6,9H,3-5H2,1-2H3,(H,10,11). The van der Waals surface area contributed by atoms with Gasteiger partial charge in [0, 0.05) is 13.1 Å². The van der Waals surface area contributed by atoms with Gasteiger partial charge in [0.05, 0.1) is 18.1 Å². The Bertz CT molecular complexity index is 175. The highest BCUT2D eigenvalue weighted by Gasteiger charge is 2.38. The summed E-state index contributed by atoms with van der Waals surface area (Å²) in [4.78, 5) is 10.7. The zero-order chi connectivity index (χ0) is 9.19. The predicted molar refractivity (Wildman–Crippen MR) is 44.0 cm³/mol. The molecule has 12 heavy (non-hydrogen) atoms. The lowest BCUT2D eigenvalue weighted by Gasteiger charge is -2.37. The Hall–Kier alpha value is -0.610. The first-order chi connectivity index (χ1) is 5.56. The van der Waals surface area contributed by atoms with Gasteiger partial charge in [-0.15, -0.1) is 0 Å². The van der Waals surface area contributed by atoms with Gasteiger partial charge in [0.1, 0.15) is 0 Å². The van der Waals surface area contributed by atoms with Crippen LogP contribution in [0.3, 0.4) is 0 Å². The normalized spacial score (nSPS) is 32.8. The maximum absolute atomic E-state index is 10.7. The molecule has 0 aliphatic carbocycles. The lowest BCUT2D eigenvalue weighted by Crippen LogP contribution is -2.53. The Balaban J connectivity index is 2.62. The minimum Gasteiger partial charge on any atom is -0.481 e. The molecule has 2 atom stereocenters. The molecular formula is C8H15NO3. The van der Waals surface area contributed by atoms with Crippen LogP contribution in [0.4, 0.5) is 0 Å². The number of nitrogens with one attached hydrogen (secondary N) is 1. The van der Waals surface area contributed by atoms with Crippen LogP contribution in [0.5, 0.6) is 0 Å². The average molecular weight is 173 g/mol. The maximum Gasteiger partial charge on any atom is 0.309 e. The van der Waals surface area contributed by atoms with Crippen LogP contribution in [0, 0.1) is 5.92 Å². The van der Waals surface area contributed by atoms with Crippen LogP contribution in [0.15, 0.2) is 0 Å². The molecule has 1 heterocycles. The minimum absolute atomic E-state index is 0.467. The molecule has 0 amide bonds. The van der Waals surface area contributed by atoms with Crippen molar-refractivity contribution in [1.29, 1.82) is 0 Å². The van der Waals surface area contributed by atoms with Gasteiger partial charge in [0.2, 0.25) is 0 Å². The molecule has 0 aromatic rings. The first-order valence-electron chi connectivity index (χ1n) is 4.14. The molecule has 4 heteroatoms. The van der Waals surface area contributed by atoms with Crippen LogP contribution >= 0.6 is 0 Å². The summed E-state index contributed by atoms with van der Waals surface area (Å²) in [5.41, 5.74) is -0.552. The molecule has 70 valence electrons. The van der Waals surface area contributed by atoms with Crippen molar-refractivity contribution >= 4 is 5.97 Å². The van der Waals surface area contributed by atoms with Crippen LogP contribution in [-0.4, -0.2) is 36.4 Å². The number of carboxylic acid groups (broad SMARTS) is 1. The van der Waals surface area contributed by atoms with Crippen molar-refractivity contribution in [3.8, 4) is 0 Å². The highest BCUT2D eigenvalue weighted by atomic mass is 16.5. The molecule has 1 rings (SSSR count). The number of rotatable bonds is 2. The first kappa shape index (κ1) is 9.48. The van der Waals surface area contributed by atoms with E-state index in [2.05, 4.69) is 5.32 Å². The Morgan fingerprint density at radius 2 is 2.42 bits per heavy atom. The van der Waals surface area contributed by atoms with Gasteiger partial charge in [-0.1, -0.05) is 0 Å². The Morgan fingerprint density at radius 1 is 1.75 bits per heavy atom. The van der Waals surface area contributed by atoms with Crippen LogP contribution in [0.1, 0.15) is 13.8 Å².